The molecule has 3 rings (SSSR count). The van der Waals surface area contributed by atoms with Gasteiger partial charge in [-0.25, -0.2) is 0 Å². The Labute approximate surface area is 162 Å². The van der Waals surface area contributed by atoms with Crippen LogP contribution in [0.2, 0.25) is 0 Å². The minimum Gasteiger partial charge on any atom is -0.342 e. The minimum absolute atomic E-state index is 0.00788. The van der Waals surface area contributed by atoms with Crippen molar-refractivity contribution in [3.05, 3.63) is 11.4 Å². The van der Waals surface area contributed by atoms with Crippen LogP contribution in [-0.4, -0.2) is 64.1 Å². The van der Waals surface area contributed by atoms with E-state index in [1.165, 1.54) is 12.8 Å². The van der Waals surface area contributed by atoms with E-state index >= 15 is 0 Å². The van der Waals surface area contributed by atoms with Crippen molar-refractivity contribution >= 4 is 17.5 Å². The Hall–Kier alpha value is -1.89. The zero-order valence-corrected chi connectivity index (χ0v) is 17.0. The Kier molecular flexibility index (Phi) is 6.52. The van der Waals surface area contributed by atoms with Gasteiger partial charge in [-0.15, -0.1) is 0 Å². The average molecular weight is 376 g/mol. The van der Waals surface area contributed by atoms with Gasteiger partial charge < -0.3 is 10.2 Å². The van der Waals surface area contributed by atoms with E-state index in [4.69, 9.17) is 0 Å². The SMILES string of the molecule is Cc1nn(C)c(C)c1NC(=O)CN1CCC(C(=O)N2CCCCCC2)CC1. The second-order valence-corrected chi connectivity index (χ2v) is 8.01. The van der Waals surface area contributed by atoms with Crippen molar-refractivity contribution in [3.63, 3.8) is 0 Å². The topological polar surface area (TPSA) is 70.5 Å². The van der Waals surface area contributed by atoms with Gasteiger partial charge in [0.05, 0.1) is 23.6 Å². The standard InChI is InChI=1S/C20H33N5O2/c1-15-19(16(2)23(3)22-15)21-18(26)14-24-12-8-17(9-13-24)20(27)25-10-6-4-5-7-11-25/h17H,4-14H2,1-3H3,(H,21,26). The fraction of sp³-hybridized carbons (Fsp3) is 0.750. The van der Waals surface area contributed by atoms with Gasteiger partial charge in [0.2, 0.25) is 11.8 Å². The highest BCUT2D eigenvalue weighted by Crippen LogP contribution is 2.22. The molecule has 2 amide bonds. The highest BCUT2D eigenvalue weighted by molar-refractivity contribution is 5.93. The third-order valence-corrected chi connectivity index (χ3v) is 6.00. The molecule has 2 aliphatic heterocycles. The summed E-state index contributed by atoms with van der Waals surface area (Å²) in [4.78, 5) is 29.4. The molecule has 0 bridgehead atoms. The van der Waals surface area contributed by atoms with Crippen molar-refractivity contribution in [2.45, 2.75) is 52.4 Å². The Morgan fingerprint density at radius 2 is 1.67 bits per heavy atom. The molecule has 0 saturated carbocycles. The van der Waals surface area contributed by atoms with Crippen LogP contribution >= 0.6 is 0 Å². The molecule has 1 aromatic rings. The fourth-order valence-electron chi connectivity index (χ4n) is 4.22. The van der Waals surface area contributed by atoms with Crippen LogP contribution in [0.4, 0.5) is 5.69 Å². The lowest BCUT2D eigenvalue weighted by atomic mass is 9.95. The highest BCUT2D eigenvalue weighted by atomic mass is 16.2. The summed E-state index contributed by atoms with van der Waals surface area (Å²) in [6.07, 6.45) is 6.47. The van der Waals surface area contributed by atoms with Crippen molar-refractivity contribution in [1.29, 1.82) is 0 Å². The summed E-state index contributed by atoms with van der Waals surface area (Å²) in [5.74, 6) is 0.458. The molecule has 7 heteroatoms. The Morgan fingerprint density at radius 1 is 1.04 bits per heavy atom. The van der Waals surface area contributed by atoms with Crippen molar-refractivity contribution in [2.75, 3.05) is 38.0 Å². The van der Waals surface area contributed by atoms with Gasteiger partial charge in [0.25, 0.3) is 0 Å². The predicted octanol–water partition coefficient (Wildman–Crippen LogP) is 2.09. The highest BCUT2D eigenvalue weighted by Gasteiger charge is 2.29. The smallest absolute Gasteiger partial charge is 0.238 e. The number of aromatic nitrogens is 2. The Morgan fingerprint density at radius 3 is 2.22 bits per heavy atom. The third kappa shape index (κ3) is 4.89. The van der Waals surface area contributed by atoms with Gasteiger partial charge in [-0.3, -0.25) is 19.2 Å². The van der Waals surface area contributed by atoms with Crippen LogP contribution in [0.1, 0.15) is 49.9 Å². The summed E-state index contributed by atoms with van der Waals surface area (Å²) in [7, 11) is 1.88. The maximum Gasteiger partial charge on any atom is 0.238 e. The quantitative estimate of drug-likeness (QED) is 0.875. The first-order valence-corrected chi connectivity index (χ1v) is 10.3. The van der Waals surface area contributed by atoms with Gasteiger partial charge in [-0.2, -0.15) is 5.10 Å². The van der Waals surface area contributed by atoms with Crippen LogP contribution in [0, 0.1) is 19.8 Å². The maximum absolute atomic E-state index is 12.8. The van der Waals surface area contributed by atoms with E-state index in [2.05, 4.69) is 20.2 Å². The number of nitrogens with zero attached hydrogens (tertiary/aromatic N) is 4. The molecular weight excluding hydrogens is 342 g/mol. The first kappa shape index (κ1) is 19.9. The number of rotatable bonds is 4. The average Bonchev–Trinajstić information content (AvgIpc) is 2.87. The molecule has 1 N–H and O–H groups in total. The molecule has 1 aromatic heterocycles. The molecule has 2 saturated heterocycles. The largest absolute Gasteiger partial charge is 0.342 e. The van der Waals surface area contributed by atoms with Gasteiger partial charge in [0, 0.05) is 26.1 Å². The molecule has 0 aliphatic carbocycles. The lowest BCUT2D eigenvalue weighted by molar-refractivity contribution is -0.137. The van der Waals surface area contributed by atoms with Crippen molar-refractivity contribution in [3.8, 4) is 0 Å². The molecule has 0 aromatic carbocycles. The third-order valence-electron chi connectivity index (χ3n) is 6.00. The van der Waals surface area contributed by atoms with Gasteiger partial charge in [0.1, 0.15) is 0 Å². The number of carbonyl (C=O) groups excluding carboxylic acids is 2. The van der Waals surface area contributed by atoms with Gasteiger partial charge in [0.15, 0.2) is 0 Å². The van der Waals surface area contributed by atoms with E-state index in [0.717, 1.165) is 68.9 Å². The summed E-state index contributed by atoms with van der Waals surface area (Å²) in [5.41, 5.74) is 2.61. The summed E-state index contributed by atoms with van der Waals surface area (Å²) < 4.78 is 1.78. The predicted molar refractivity (Wildman–Crippen MR) is 106 cm³/mol. The summed E-state index contributed by atoms with van der Waals surface area (Å²) >= 11 is 0. The molecule has 2 aliphatic rings. The van der Waals surface area contributed by atoms with Crippen LogP contribution < -0.4 is 5.32 Å². The van der Waals surface area contributed by atoms with E-state index in [9.17, 15) is 9.59 Å². The molecule has 0 spiro atoms. The number of piperidine rings is 1. The number of anilines is 1. The van der Waals surface area contributed by atoms with Gasteiger partial charge in [-0.05, 0) is 52.6 Å². The van der Waals surface area contributed by atoms with E-state index < -0.39 is 0 Å². The first-order valence-electron chi connectivity index (χ1n) is 10.3. The first-order chi connectivity index (χ1) is 13.0. The zero-order chi connectivity index (χ0) is 19.4. The minimum atomic E-state index is -0.00788. The molecular formula is C20H33N5O2. The molecule has 0 radical (unpaired) electrons. The normalized spacial score (nSPS) is 19.7. The molecule has 150 valence electrons. The maximum atomic E-state index is 12.8. The second kappa shape index (κ2) is 8.87. The van der Waals surface area contributed by atoms with Gasteiger partial charge in [-0.1, -0.05) is 12.8 Å². The van der Waals surface area contributed by atoms with Crippen molar-refractivity contribution in [1.82, 2.24) is 19.6 Å². The second-order valence-electron chi connectivity index (χ2n) is 8.01. The lowest BCUT2D eigenvalue weighted by Gasteiger charge is -2.33. The monoisotopic (exact) mass is 375 g/mol. The van der Waals surface area contributed by atoms with E-state index in [0.29, 0.717) is 12.5 Å². The Balaban J connectivity index is 1.46. The summed E-state index contributed by atoms with van der Waals surface area (Å²) in [6, 6.07) is 0. The zero-order valence-electron chi connectivity index (χ0n) is 17.0. The van der Waals surface area contributed by atoms with E-state index in [1.54, 1.807) is 4.68 Å². The van der Waals surface area contributed by atoms with Crippen LogP contribution in [0.25, 0.3) is 0 Å². The summed E-state index contributed by atoms with van der Waals surface area (Å²) in [6.45, 7) is 7.69. The van der Waals surface area contributed by atoms with Crippen LogP contribution in [0.3, 0.4) is 0 Å². The molecule has 0 unspecified atom stereocenters. The number of hydrogen-bond acceptors (Lipinski definition) is 4. The van der Waals surface area contributed by atoms with E-state index in [1.807, 2.05) is 20.9 Å². The molecule has 7 nitrogen and oxygen atoms in total. The van der Waals surface area contributed by atoms with Crippen LogP contribution in [-0.2, 0) is 16.6 Å². The number of aryl methyl sites for hydroxylation is 2. The fourth-order valence-corrected chi connectivity index (χ4v) is 4.22. The van der Waals surface area contributed by atoms with Crippen molar-refractivity contribution < 1.29 is 9.59 Å². The number of likely N-dealkylation sites (tertiary alicyclic amines) is 2. The summed E-state index contributed by atoms with van der Waals surface area (Å²) in [5, 5.41) is 7.34. The lowest BCUT2D eigenvalue weighted by Crippen LogP contribution is -2.44. The van der Waals surface area contributed by atoms with Crippen LogP contribution in [0.15, 0.2) is 0 Å². The number of nitrogens with one attached hydrogen (secondary N) is 1. The number of carbonyl (C=O) groups is 2. The molecule has 27 heavy (non-hydrogen) atoms. The number of amides is 2. The van der Waals surface area contributed by atoms with Crippen molar-refractivity contribution in [2.24, 2.45) is 13.0 Å². The molecule has 3 heterocycles. The van der Waals surface area contributed by atoms with Crippen LogP contribution in [0.5, 0.6) is 0 Å². The van der Waals surface area contributed by atoms with Gasteiger partial charge >= 0.3 is 0 Å². The molecule has 2 fully saturated rings. The van der Waals surface area contributed by atoms with E-state index in [-0.39, 0.29) is 11.8 Å². The Bertz CT molecular complexity index is 668. The molecule has 0 atom stereocenters. The number of hydrogen-bond donors (Lipinski definition) is 1.